The van der Waals surface area contributed by atoms with Crippen molar-refractivity contribution < 1.29 is 22.7 Å². The molecule has 0 aliphatic carbocycles. The zero-order valence-electron chi connectivity index (χ0n) is 13.0. The van der Waals surface area contributed by atoms with Crippen LogP contribution in [0.2, 0.25) is 0 Å². The summed E-state index contributed by atoms with van der Waals surface area (Å²) in [5.74, 6) is -1.10. The number of rotatable bonds is 5. The molecule has 8 nitrogen and oxygen atoms in total. The van der Waals surface area contributed by atoms with Crippen LogP contribution in [0.15, 0.2) is 17.8 Å². The summed E-state index contributed by atoms with van der Waals surface area (Å²) < 4.78 is 29.8. The van der Waals surface area contributed by atoms with E-state index in [1.54, 1.807) is 17.5 Å². The highest BCUT2D eigenvalue weighted by atomic mass is 32.2. The molecule has 1 amide bonds. The van der Waals surface area contributed by atoms with Gasteiger partial charge in [-0.15, -0.1) is 11.3 Å². The number of nitrogens with one attached hydrogen (secondary N) is 1. The Hall–Kier alpha value is -1.94. The van der Waals surface area contributed by atoms with Crippen LogP contribution >= 0.6 is 11.3 Å². The third-order valence-electron chi connectivity index (χ3n) is 3.78. The van der Waals surface area contributed by atoms with E-state index in [0.29, 0.717) is 12.1 Å². The number of carbonyl (C=O) groups is 2. The second-order valence-electron chi connectivity index (χ2n) is 6.11. The van der Waals surface area contributed by atoms with Crippen LogP contribution in [0.5, 0.6) is 0 Å². The summed E-state index contributed by atoms with van der Waals surface area (Å²) in [5, 5.41) is 4.52. The number of ether oxygens (including phenoxy) is 1. The molecule has 10 heteroatoms. The maximum Gasteiger partial charge on any atom is 0.312 e. The van der Waals surface area contributed by atoms with Crippen LogP contribution < -0.4 is 5.32 Å². The van der Waals surface area contributed by atoms with Crippen LogP contribution in [0.1, 0.15) is 19.0 Å². The van der Waals surface area contributed by atoms with Crippen molar-refractivity contribution in [2.75, 3.05) is 18.1 Å². The van der Waals surface area contributed by atoms with Crippen LogP contribution in [-0.2, 0) is 30.6 Å². The van der Waals surface area contributed by atoms with E-state index in [2.05, 4.69) is 10.3 Å². The number of hydrogen-bond donors (Lipinski definition) is 1. The largest absolute Gasteiger partial charge is 0.455 e. The highest BCUT2D eigenvalue weighted by molar-refractivity contribution is 7.91. The fourth-order valence-corrected chi connectivity index (χ4v) is 5.50. The summed E-state index contributed by atoms with van der Waals surface area (Å²) in [6.07, 6.45) is 3.91. The number of esters is 1. The molecule has 130 valence electrons. The van der Waals surface area contributed by atoms with E-state index in [9.17, 15) is 18.0 Å². The van der Waals surface area contributed by atoms with E-state index in [1.165, 1.54) is 11.3 Å². The molecule has 3 heterocycles. The first-order chi connectivity index (χ1) is 11.2. The first-order valence-electron chi connectivity index (χ1n) is 7.33. The van der Waals surface area contributed by atoms with Crippen molar-refractivity contribution in [3.8, 4) is 0 Å². The van der Waals surface area contributed by atoms with Gasteiger partial charge in [-0.05, 0) is 13.3 Å². The van der Waals surface area contributed by atoms with Gasteiger partial charge in [0.2, 0.25) is 0 Å². The number of thiazole rings is 1. The third-order valence-corrected chi connectivity index (χ3v) is 6.45. The topological polar surface area (TPSA) is 107 Å². The molecule has 24 heavy (non-hydrogen) atoms. The van der Waals surface area contributed by atoms with Crippen LogP contribution in [0.3, 0.4) is 0 Å². The number of carbonyl (C=O) groups excluding carboxylic acids is 2. The van der Waals surface area contributed by atoms with Gasteiger partial charge in [-0.1, -0.05) is 0 Å². The van der Waals surface area contributed by atoms with Gasteiger partial charge in [0.25, 0.3) is 5.91 Å². The molecule has 1 atom stereocenters. The fourth-order valence-electron chi connectivity index (χ4n) is 2.69. The number of aromatic nitrogens is 2. The maximum atomic E-state index is 11.9. The second-order valence-corrected chi connectivity index (χ2v) is 9.17. The number of nitrogens with zero attached hydrogens (tertiary/aromatic N) is 2. The Morgan fingerprint density at radius 3 is 2.96 bits per heavy atom. The zero-order chi connectivity index (χ0) is 17.4. The first-order valence-corrected chi connectivity index (χ1v) is 10.0. The Labute approximate surface area is 142 Å². The minimum atomic E-state index is -3.11. The quantitative estimate of drug-likeness (QED) is 0.751. The lowest BCUT2D eigenvalue weighted by atomic mass is 10.0. The molecule has 1 aliphatic rings. The van der Waals surface area contributed by atoms with Crippen molar-refractivity contribution in [1.82, 2.24) is 14.7 Å². The van der Waals surface area contributed by atoms with Gasteiger partial charge in [-0.3, -0.25) is 14.0 Å². The van der Waals surface area contributed by atoms with E-state index >= 15 is 0 Å². The van der Waals surface area contributed by atoms with Gasteiger partial charge in [-0.2, -0.15) is 0 Å². The van der Waals surface area contributed by atoms with Gasteiger partial charge >= 0.3 is 5.97 Å². The molecular weight excluding hydrogens is 354 g/mol. The van der Waals surface area contributed by atoms with Crippen LogP contribution in [0, 0.1) is 0 Å². The average molecular weight is 371 g/mol. The molecule has 1 N–H and O–H groups in total. The van der Waals surface area contributed by atoms with E-state index in [-0.39, 0.29) is 17.9 Å². The van der Waals surface area contributed by atoms with Crippen molar-refractivity contribution >= 4 is 38.0 Å². The van der Waals surface area contributed by atoms with Crippen molar-refractivity contribution in [2.45, 2.75) is 25.3 Å². The summed E-state index contributed by atoms with van der Waals surface area (Å²) in [7, 11) is -3.11. The number of hydrogen-bond acceptors (Lipinski definition) is 7. The Morgan fingerprint density at radius 1 is 1.50 bits per heavy atom. The number of fused-ring (bicyclic) bond motifs is 1. The molecule has 3 rings (SSSR count). The molecule has 0 bridgehead atoms. The summed E-state index contributed by atoms with van der Waals surface area (Å²) in [6, 6.07) is 0. The molecule has 2 aromatic rings. The zero-order valence-corrected chi connectivity index (χ0v) is 14.7. The van der Waals surface area contributed by atoms with Crippen molar-refractivity contribution in [2.24, 2.45) is 0 Å². The fraction of sp³-hybridized carbons (Fsp3) is 0.500. The van der Waals surface area contributed by atoms with Crippen LogP contribution in [-0.4, -0.2) is 53.3 Å². The summed E-state index contributed by atoms with van der Waals surface area (Å²) >= 11 is 1.46. The smallest absolute Gasteiger partial charge is 0.312 e. The Morgan fingerprint density at radius 2 is 2.29 bits per heavy atom. The van der Waals surface area contributed by atoms with Gasteiger partial charge < -0.3 is 10.1 Å². The monoisotopic (exact) mass is 371 g/mol. The minimum absolute atomic E-state index is 0.0205. The summed E-state index contributed by atoms with van der Waals surface area (Å²) in [4.78, 5) is 28.7. The lowest BCUT2D eigenvalue weighted by Crippen LogP contribution is -2.48. The third kappa shape index (κ3) is 3.93. The number of amides is 1. The Balaban J connectivity index is 1.47. The molecule has 2 aromatic heterocycles. The minimum Gasteiger partial charge on any atom is -0.455 e. The lowest BCUT2D eigenvalue weighted by molar-refractivity contribution is -0.148. The number of sulfone groups is 1. The van der Waals surface area contributed by atoms with Gasteiger partial charge in [-0.25, -0.2) is 13.4 Å². The van der Waals surface area contributed by atoms with Gasteiger partial charge in [0.1, 0.15) is 0 Å². The SMILES string of the molecule is C[C@]1(NC(=O)COC(=O)Cc2cn3ccsc3n2)CCS(=O)(=O)C1. The lowest BCUT2D eigenvalue weighted by Gasteiger charge is -2.23. The maximum absolute atomic E-state index is 11.9. The van der Waals surface area contributed by atoms with E-state index < -0.39 is 33.9 Å². The predicted molar refractivity (Wildman–Crippen MR) is 87.6 cm³/mol. The first kappa shape index (κ1) is 16.9. The molecule has 0 saturated carbocycles. The van der Waals surface area contributed by atoms with E-state index in [1.807, 2.05) is 11.6 Å². The van der Waals surface area contributed by atoms with Crippen molar-refractivity contribution in [1.29, 1.82) is 0 Å². The average Bonchev–Trinajstić information content (AvgIpc) is 3.10. The van der Waals surface area contributed by atoms with Gasteiger partial charge in [0, 0.05) is 17.8 Å². The molecular formula is C14H17N3O5S2. The van der Waals surface area contributed by atoms with Crippen LogP contribution in [0.4, 0.5) is 0 Å². The standard InChI is InChI=1S/C14H17N3O5S2/c1-14(2-5-24(20,21)9-14)16-11(18)8-22-12(19)6-10-7-17-3-4-23-13(17)15-10/h3-4,7H,2,5-6,8-9H2,1H3,(H,16,18)/t14-/m0/s1. The summed E-state index contributed by atoms with van der Waals surface area (Å²) in [5.41, 5.74) is -0.225. The normalized spacial score (nSPS) is 22.5. The predicted octanol–water partition coefficient (Wildman–Crippen LogP) is 0.175. The van der Waals surface area contributed by atoms with E-state index in [0.717, 1.165) is 4.96 Å². The van der Waals surface area contributed by atoms with Crippen LogP contribution in [0.25, 0.3) is 4.96 Å². The second kappa shape index (κ2) is 6.17. The highest BCUT2D eigenvalue weighted by Crippen LogP contribution is 2.22. The van der Waals surface area contributed by atoms with Gasteiger partial charge in [0.15, 0.2) is 21.4 Å². The molecule has 1 saturated heterocycles. The molecule has 0 unspecified atom stereocenters. The number of imidazole rings is 1. The molecule has 0 aromatic carbocycles. The Kier molecular flexibility index (Phi) is 4.35. The van der Waals surface area contributed by atoms with Crippen molar-refractivity contribution in [3.63, 3.8) is 0 Å². The van der Waals surface area contributed by atoms with Gasteiger partial charge in [0.05, 0.1) is 29.2 Å². The molecule has 1 aliphatic heterocycles. The van der Waals surface area contributed by atoms with Crippen molar-refractivity contribution in [3.05, 3.63) is 23.5 Å². The summed E-state index contributed by atoms with van der Waals surface area (Å²) in [6.45, 7) is 1.24. The molecule has 1 fully saturated rings. The highest BCUT2D eigenvalue weighted by Gasteiger charge is 2.39. The Bertz CT molecular complexity index is 857. The molecule has 0 radical (unpaired) electrons. The molecule has 0 spiro atoms. The van der Waals surface area contributed by atoms with E-state index in [4.69, 9.17) is 4.74 Å².